The van der Waals surface area contributed by atoms with Gasteiger partial charge in [-0.3, -0.25) is 0 Å². The highest BCUT2D eigenvalue weighted by atomic mass is 79.9. The van der Waals surface area contributed by atoms with Crippen LogP contribution in [0.25, 0.3) is 0 Å². The van der Waals surface area contributed by atoms with E-state index in [9.17, 15) is 0 Å². The van der Waals surface area contributed by atoms with Gasteiger partial charge in [0.1, 0.15) is 12.1 Å². The van der Waals surface area contributed by atoms with Crippen molar-refractivity contribution in [3.63, 3.8) is 0 Å². The van der Waals surface area contributed by atoms with E-state index in [2.05, 4.69) is 31.5 Å². The minimum absolute atomic E-state index is 0.301. The number of tetrazole rings is 1. The fraction of sp³-hybridized carbons (Fsp3) is 0.125. The number of ether oxygens (including phenoxy) is 1. The SMILES string of the molecule is Brc1ccccc1OCn1cnnn1. The average molecular weight is 255 g/mol. The van der Waals surface area contributed by atoms with Gasteiger partial charge in [0, 0.05) is 0 Å². The summed E-state index contributed by atoms with van der Waals surface area (Å²) in [4.78, 5) is 0. The van der Waals surface area contributed by atoms with Crippen LogP contribution in [0.15, 0.2) is 35.1 Å². The van der Waals surface area contributed by atoms with Crippen molar-refractivity contribution in [1.82, 2.24) is 20.2 Å². The van der Waals surface area contributed by atoms with Crippen molar-refractivity contribution < 1.29 is 4.74 Å². The summed E-state index contributed by atoms with van der Waals surface area (Å²) in [5, 5.41) is 10.7. The van der Waals surface area contributed by atoms with Crippen molar-refractivity contribution in [2.75, 3.05) is 0 Å². The topological polar surface area (TPSA) is 52.8 Å². The summed E-state index contributed by atoms with van der Waals surface area (Å²) in [6.07, 6.45) is 1.50. The van der Waals surface area contributed by atoms with Gasteiger partial charge in [-0.25, -0.2) is 0 Å². The van der Waals surface area contributed by atoms with Crippen LogP contribution in [0.5, 0.6) is 5.75 Å². The molecule has 2 aromatic rings. The second-order valence-corrected chi connectivity index (χ2v) is 3.41. The number of halogens is 1. The van der Waals surface area contributed by atoms with E-state index in [0.717, 1.165) is 10.2 Å². The van der Waals surface area contributed by atoms with Gasteiger partial charge in [0.25, 0.3) is 0 Å². The maximum absolute atomic E-state index is 5.45. The molecule has 1 heterocycles. The number of hydrogen-bond acceptors (Lipinski definition) is 4. The van der Waals surface area contributed by atoms with Gasteiger partial charge in [0.05, 0.1) is 4.47 Å². The van der Waals surface area contributed by atoms with E-state index in [4.69, 9.17) is 4.74 Å². The zero-order valence-corrected chi connectivity index (χ0v) is 8.75. The van der Waals surface area contributed by atoms with E-state index >= 15 is 0 Å². The minimum Gasteiger partial charge on any atom is -0.470 e. The third kappa shape index (κ3) is 2.08. The fourth-order valence-corrected chi connectivity index (χ4v) is 1.34. The molecule has 5 nitrogen and oxygen atoms in total. The Morgan fingerprint density at radius 3 is 2.93 bits per heavy atom. The van der Waals surface area contributed by atoms with Crippen LogP contribution in [0.1, 0.15) is 0 Å². The summed E-state index contributed by atoms with van der Waals surface area (Å²) in [6, 6.07) is 7.61. The molecule has 14 heavy (non-hydrogen) atoms. The second kappa shape index (κ2) is 4.19. The number of rotatable bonds is 3. The lowest BCUT2D eigenvalue weighted by Gasteiger charge is -2.06. The van der Waals surface area contributed by atoms with Crippen molar-refractivity contribution in [3.8, 4) is 5.75 Å². The molecule has 0 radical (unpaired) electrons. The van der Waals surface area contributed by atoms with Crippen molar-refractivity contribution in [1.29, 1.82) is 0 Å². The van der Waals surface area contributed by atoms with E-state index in [1.54, 1.807) is 0 Å². The van der Waals surface area contributed by atoms with Gasteiger partial charge >= 0.3 is 0 Å². The second-order valence-electron chi connectivity index (χ2n) is 2.55. The highest BCUT2D eigenvalue weighted by Gasteiger charge is 1.99. The molecule has 1 aromatic carbocycles. The lowest BCUT2D eigenvalue weighted by Crippen LogP contribution is -2.05. The zero-order chi connectivity index (χ0) is 9.80. The molecule has 1 aromatic heterocycles. The van der Waals surface area contributed by atoms with Gasteiger partial charge in [0.15, 0.2) is 6.73 Å². The van der Waals surface area contributed by atoms with Crippen molar-refractivity contribution >= 4 is 15.9 Å². The number of benzene rings is 1. The Bertz CT molecular complexity index is 403. The number of nitrogens with zero attached hydrogens (tertiary/aromatic N) is 4. The molecular formula is C8H7BrN4O. The molecule has 72 valence electrons. The Labute approximate surface area is 88.8 Å². The molecule has 0 N–H and O–H groups in total. The Morgan fingerprint density at radius 2 is 2.21 bits per heavy atom. The molecule has 0 fully saturated rings. The summed E-state index contributed by atoms with van der Waals surface area (Å²) in [7, 11) is 0. The largest absolute Gasteiger partial charge is 0.470 e. The van der Waals surface area contributed by atoms with Crippen LogP contribution >= 0.6 is 15.9 Å². The van der Waals surface area contributed by atoms with E-state index in [0.29, 0.717) is 6.73 Å². The maximum atomic E-state index is 5.45. The van der Waals surface area contributed by atoms with Crippen LogP contribution in [-0.4, -0.2) is 20.2 Å². The summed E-state index contributed by atoms with van der Waals surface area (Å²) >= 11 is 3.37. The van der Waals surface area contributed by atoms with Crippen LogP contribution in [0, 0.1) is 0 Å². The molecule has 0 saturated heterocycles. The molecule has 0 aliphatic rings. The van der Waals surface area contributed by atoms with Crippen molar-refractivity contribution in [2.45, 2.75) is 6.73 Å². The zero-order valence-electron chi connectivity index (χ0n) is 7.17. The fourth-order valence-electron chi connectivity index (χ4n) is 0.937. The van der Waals surface area contributed by atoms with Crippen LogP contribution in [0.3, 0.4) is 0 Å². The van der Waals surface area contributed by atoms with Gasteiger partial charge in [-0.1, -0.05) is 12.1 Å². The molecule has 0 saturated carbocycles. The molecule has 0 aliphatic carbocycles. The van der Waals surface area contributed by atoms with Gasteiger partial charge in [-0.2, -0.15) is 4.68 Å². The number of para-hydroxylation sites is 1. The van der Waals surface area contributed by atoms with Gasteiger partial charge in [0.2, 0.25) is 0 Å². The maximum Gasteiger partial charge on any atom is 0.184 e. The van der Waals surface area contributed by atoms with Crippen molar-refractivity contribution in [3.05, 3.63) is 35.1 Å². The molecule has 0 bridgehead atoms. The van der Waals surface area contributed by atoms with Crippen LogP contribution in [-0.2, 0) is 6.73 Å². The smallest absolute Gasteiger partial charge is 0.184 e. The van der Waals surface area contributed by atoms with Crippen LogP contribution in [0.4, 0.5) is 0 Å². The predicted octanol–water partition coefficient (Wildman–Crippen LogP) is 1.47. The average Bonchev–Trinajstić information content (AvgIpc) is 2.69. The molecule has 0 unspecified atom stereocenters. The molecule has 0 aliphatic heterocycles. The summed E-state index contributed by atoms with van der Waals surface area (Å²) in [5.74, 6) is 0.767. The van der Waals surface area contributed by atoms with E-state index in [-0.39, 0.29) is 0 Å². The van der Waals surface area contributed by atoms with Gasteiger partial charge < -0.3 is 4.74 Å². The molecule has 0 atom stereocenters. The van der Waals surface area contributed by atoms with Crippen molar-refractivity contribution in [2.24, 2.45) is 0 Å². The highest BCUT2D eigenvalue weighted by Crippen LogP contribution is 2.23. The molecule has 0 amide bonds. The number of aromatic nitrogens is 4. The standard InChI is InChI=1S/C8H7BrN4O/c9-7-3-1-2-4-8(7)14-6-13-5-10-11-12-13/h1-5H,6H2. The quantitative estimate of drug-likeness (QED) is 0.833. The van der Waals surface area contributed by atoms with Crippen LogP contribution in [0.2, 0.25) is 0 Å². The molecule has 2 rings (SSSR count). The first-order valence-corrected chi connectivity index (χ1v) is 4.73. The van der Waals surface area contributed by atoms with E-state index in [1.807, 2.05) is 24.3 Å². The molecule has 6 heteroatoms. The Balaban J connectivity index is 2.02. The first kappa shape index (κ1) is 9.14. The lowest BCUT2D eigenvalue weighted by molar-refractivity contribution is 0.217. The third-order valence-corrected chi connectivity index (χ3v) is 2.24. The minimum atomic E-state index is 0.301. The van der Waals surface area contributed by atoms with Gasteiger partial charge in [-0.15, -0.1) is 5.10 Å². The van der Waals surface area contributed by atoms with E-state index in [1.165, 1.54) is 11.0 Å². The predicted molar refractivity (Wildman–Crippen MR) is 52.6 cm³/mol. The summed E-state index contributed by atoms with van der Waals surface area (Å²) in [6.45, 7) is 0.301. The third-order valence-electron chi connectivity index (χ3n) is 1.58. The van der Waals surface area contributed by atoms with Gasteiger partial charge in [-0.05, 0) is 38.5 Å². The normalized spacial score (nSPS) is 10.1. The monoisotopic (exact) mass is 254 g/mol. The summed E-state index contributed by atoms with van der Waals surface area (Å²) in [5.41, 5.74) is 0. The molecular weight excluding hydrogens is 248 g/mol. The van der Waals surface area contributed by atoms with E-state index < -0.39 is 0 Å². The molecule has 0 spiro atoms. The Kier molecular flexibility index (Phi) is 2.73. The number of hydrogen-bond donors (Lipinski definition) is 0. The highest BCUT2D eigenvalue weighted by molar-refractivity contribution is 9.10. The van der Waals surface area contributed by atoms with Crippen LogP contribution < -0.4 is 4.74 Å². The first-order valence-electron chi connectivity index (χ1n) is 3.94. The Hall–Kier alpha value is -1.43. The Morgan fingerprint density at radius 1 is 1.36 bits per heavy atom. The lowest BCUT2D eigenvalue weighted by atomic mass is 10.3. The summed E-state index contributed by atoms with van der Waals surface area (Å²) < 4.78 is 7.86. The first-order chi connectivity index (χ1) is 6.86.